The minimum atomic E-state index is 0.0850. The molecule has 152 valence electrons. The fraction of sp³-hybridized carbons (Fsp3) is 0.522. The van der Waals surface area contributed by atoms with Gasteiger partial charge >= 0.3 is 0 Å². The quantitative estimate of drug-likeness (QED) is 0.781. The van der Waals surface area contributed by atoms with Gasteiger partial charge < -0.3 is 19.5 Å². The Morgan fingerprint density at radius 1 is 1.03 bits per heavy atom. The number of carbonyl (C=O) groups is 1. The second kappa shape index (κ2) is 6.94. The molecule has 6 heteroatoms. The summed E-state index contributed by atoms with van der Waals surface area (Å²) in [6, 6.07) is 7.91. The van der Waals surface area contributed by atoms with Crippen LogP contribution < -0.4 is 19.5 Å². The zero-order valence-corrected chi connectivity index (χ0v) is 17.1. The lowest BCUT2D eigenvalue weighted by atomic mass is 9.54. The third-order valence-corrected chi connectivity index (χ3v) is 8.13. The SMILES string of the molecule is O=C(NC1C2CC3CC(C2)CC1C3)c1cc(COc2ccc3c(c2)OCO3)cs1. The highest BCUT2D eigenvalue weighted by molar-refractivity contribution is 7.12. The van der Waals surface area contributed by atoms with Gasteiger partial charge in [0, 0.05) is 17.7 Å². The smallest absolute Gasteiger partial charge is 0.261 e. The lowest BCUT2D eigenvalue weighted by Gasteiger charge is -2.54. The molecule has 0 atom stereocenters. The minimum absolute atomic E-state index is 0.0850. The summed E-state index contributed by atoms with van der Waals surface area (Å²) < 4.78 is 16.6. The van der Waals surface area contributed by atoms with Crippen LogP contribution in [0, 0.1) is 23.7 Å². The van der Waals surface area contributed by atoms with Crippen LogP contribution in [0.25, 0.3) is 0 Å². The van der Waals surface area contributed by atoms with Crippen molar-refractivity contribution in [3.8, 4) is 17.2 Å². The van der Waals surface area contributed by atoms with Crippen LogP contribution in [-0.4, -0.2) is 18.7 Å². The molecule has 1 aromatic heterocycles. The van der Waals surface area contributed by atoms with Crippen molar-refractivity contribution in [3.05, 3.63) is 40.1 Å². The number of amides is 1. The fourth-order valence-corrected chi connectivity index (χ4v) is 6.89. The van der Waals surface area contributed by atoms with E-state index >= 15 is 0 Å². The molecular weight excluding hydrogens is 386 g/mol. The van der Waals surface area contributed by atoms with Crippen molar-refractivity contribution < 1.29 is 19.0 Å². The number of carbonyl (C=O) groups excluding carboxylic acids is 1. The van der Waals surface area contributed by atoms with Crippen LogP contribution in [0.5, 0.6) is 17.2 Å². The van der Waals surface area contributed by atoms with Crippen LogP contribution in [0.1, 0.15) is 47.3 Å². The molecule has 29 heavy (non-hydrogen) atoms. The van der Waals surface area contributed by atoms with E-state index in [1.165, 1.54) is 43.4 Å². The van der Waals surface area contributed by atoms with Gasteiger partial charge in [0.25, 0.3) is 5.91 Å². The molecule has 2 heterocycles. The lowest BCUT2D eigenvalue weighted by molar-refractivity contribution is -0.0119. The Morgan fingerprint density at radius 3 is 2.59 bits per heavy atom. The first kappa shape index (κ1) is 17.6. The van der Waals surface area contributed by atoms with Crippen molar-refractivity contribution in [1.29, 1.82) is 0 Å². The molecule has 5 aliphatic rings. The second-order valence-electron chi connectivity index (χ2n) is 9.05. The normalized spacial score (nSPS) is 31.1. The highest BCUT2D eigenvalue weighted by Gasteiger charge is 2.48. The lowest BCUT2D eigenvalue weighted by Crippen LogP contribution is -2.55. The molecule has 4 bridgehead atoms. The van der Waals surface area contributed by atoms with Gasteiger partial charge in [-0.05, 0) is 79.4 Å². The first-order valence-electron chi connectivity index (χ1n) is 10.6. The van der Waals surface area contributed by atoms with Gasteiger partial charge in [0.15, 0.2) is 11.5 Å². The van der Waals surface area contributed by atoms with Gasteiger partial charge in [0.05, 0.1) is 4.88 Å². The maximum Gasteiger partial charge on any atom is 0.261 e. The number of hydrogen-bond donors (Lipinski definition) is 1. The summed E-state index contributed by atoms with van der Waals surface area (Å²) in [6.07, 6.45) is 6.70. The minimum Gasteiger partial charge on any atom is -0.489 e. The summed E-state index contributed by atoms with van der Waals surface area (Å²) in [7, 11) is 0. The number of ether oxygens (including phenoxy) is 3. The first-order chi connectivity index (χ1) is 14.2. The van der Waals surface area contributed by atoms with Gasteiger partial charge in [-0.25, -0.2) is 0 Å². The monoisotopic (exact) mass is 411 g/mol. The molecule has 1 aromatic carbocycles. The van der Waals surface area contributed by atoms with Crippen molar-refractivity contribution in [3.63, 3.8) is 0 Å². The topological polar surface area (TPSA) is 56.8 Å². The third kappa shape index (κ3) is 3.27. The third-order valence-electron chi connectivity index (χ3n) is 7.15. The zero-order valence-electron chi connectivity index (χ0n) is 16.3. The Labute approximate surface area is 174 Å². The maximum atomic E-state index is 12.9. The molecule has 1 N–H and O–H groups in total. The standard InChI is InChI=1S/C23H25NO4S/c25-23(24-22-16-4-13-3-14(6-16)7-17(22)5-13)21-8-15(11-29-21)10-26-18-1-2-19-20(9-18)28-12-27-19/h1-2,8-9,11,13-14,16-17,22H,3-7,10,12H2,(H,24,25). The average molecular weight is 412 g/mol. The Hall–Kier alpha value is -2.21. The van der Waals surface area contributed by atoms with Crippen LogP contribution in [0.4, 0.5) is 0 Å². The average Bonchev–Trinajstić information content (AvgIpc) is 3.37. The maximum absolute atomic E-state index is 12.9. The van der Waals surface area contributed by atoms with Gasteiger partial charge in [-0.1, -0.05) is 0 Å². The number of benzene rings is 1. The van der Waals surface area contributed by atoms with E-state index in [9.17, 15) is 4.79 Å². The summed E-state index contributed by atoms with van der Waals surface area (Å²) in [5.74, 6) is 5.52. The molecule has 4 aliphatic carbocycles. The molecule has 0 radical (unpaired) electrons. The Morgan fingerprint density at radius 2 is 1.79 bits per heavy atom. The van der Waals surface area contributed by atoms with E-state index in [1.807, 2.05) is 29.6 Å². The number of hydrogen-bond acceptors (Lipinski definition) is 5. The molecule has 4 saturated carbocycles. The van der Waals surface area contributed by atoms with E-state index in [-0.39, 0.29) is 12.7 Å². The van der Waals surface area contributed by atoms with Crippen LogP contribution in [0.15, 0.2) is 29.6 Å². The number of fused-ring (bicyclic) bond motifs is 1. The molecule has 2 aromatic rings. The molecule has 5 nitrogen and oxygen atoms in total. The number of nitrogens with one attached hydrogen (secondary N) is 1. The van der Waals surface area contributed by atoms with E-state index in [0.717, 1.165) is 33.8 Å². The largest absolute Gasteiger partial charge is 0.489 e. The Balaban J connectivity index is 1.08. The van der Waals surface area contributed by atoms with Crippen molar-refractivity contribution in [2.75, 3.05) is 6.79 Å². The van der Waals surface area contributed by atoms with Gasteiger partial charge in [-0.2, -0.15) is 0 Å². The number of rotatable bonds is 5. The summed E-state index contributed by atoms with van der Waals surface area (Å²) in [5, 5.41) is 5.41. The molecule has 0 unspecified atom stereocenters. The van der Waals surface area contributed by atoms with Crippen molar-refractivity contribution in [2.24, 2.45) is 23.7 Å². The van der Waals surface area contributed by atoms with Gasteiger partial charge in [0.2, 0.25) is 6.79 Å². The molecular formula is C23H25NO4S. The van der Waals surface area contributed by atoms with E-state index in [4.69, 9.17) is 14.2 Å². The predicted molar refractivity (Wildman–Crippen MR) is 110 cm³/mol. The molecule has 0 spiro atoms. The van der Waals surface area contributed by atoms with E-state index in [0.29, 0.717) is 30.2 Å². The predicted octanol–water partition coefficient (Wildman–Crippen LogP) is 4.61. The fourth-order valence-electron chi connectivity index (χ4n) is 6.09. The van der Waals surface area contributed by atoms with E-state index < -0.39 is 0 Å². The highest BCUT2D eigenvalue weighted by Crippen LogP contribution is 2.53. The summed E-state index contributed by atoms with van der Waals surface area (Å²) in [6.45, 7) is 0.688. The second-order valence-corrected chi connectivity index (χ2v) is 9.96. The van der Waals surface area contributed by atoms with Gasteiger partial charge in [-0.15, -0.1) is 11.3 Å². The Kier molecular flexibility index (Phi) is 4.22. The van der Waals surface area contributed by atoms with Crippen LogP contribution >= 0.6 is 11.3 Å². The molecule has 1 aliphatic heterocycles. The summed E-state index contributed by atoms with van der Waals surface area (Å²) in [4.78, 5) is 13.7. The Bertz CT molecular complexity index is 911. The van der Waals surface area contributed by atoms with Crippen molar-refractivity contribution in [1.82, 2.24) is 5.32 Å². The zero-order chi connectivity index (χ0) is 19.4. The van der Waals surface area contributed by atoms with Gasteiger partial charge in [-0.3, -0.25) is 4.79 Å². The highest BCUT2D eigenvalue weighted by atomic mass is 32.1. The first-order valence-corrected chi connectivity index (χ1v) is 11.5. The van der Waals surface area contributed by atoms with E-state index in [2.05, 4.69) is 5.32 Å². The van der Waals surface area contributed by atoms with Crippen LogP contribution in [0.2, 0.25) is 0 Å². The van der Waals surface area contributed by atoms with Crippen molar-refractivity contribution in [2.45, 2.75) is 44.8 Å². The van der Waals surface area contributed by atoms with Crippen LogP contribution in [0.3, 0.4) is 0 Å². The molecule has 4 fully saturated rings. The molecule has 0 saturated heterocycles. The number of thiophene rings is 1. The van der Waals surface area contributed by atoms with Crippen molar-refractivity contribution >= 4 is 17.2 Å². The van der Waals surface area contributed by atoms with E-state index in [1.54, 1.807) is 0 Å². The molecule has 1 amide bonds. The van der Waals surface area contributed by atoms with Gasteiger partial charge in [0.1, 0.15) is 12.4 Å². The molecule has 7 rings (SSSR count). The summed E-state index contributed by atoms with van der Waals surface area (Å²) >= 11 is 1.50. The van der Waals surface area contributed by atoms with Crippen LogP contribution in [-0.2, 0) is 6.61 Å². The summed E-state index contributed by atoms with van der Waals surface area (Å²) in [5.41, 5.74) is 1.02.